The first kappa shape index (κ1) is 25.1. The third kappa shape index (κ3) is 5.99. The molecular formula is C26H21Cl2NO5S. The van der Waals surface area contributed by atoms with Gasteiger partial charge < -0.3 is 9.15 Å². The summed E-state index contributed by atoms with van der Waals surface area (Å²) in [6, 6.07) is 15.3. The van der Waals surface area contributed by atoms with Crippen LogP contribution in [0.5, 0.6) is 0 Å². The van der Waals surface area contributed by atoms with Gasteiger partial charge in [-0.3, -0.25) is 14.5 Å². The van der Waals surface area contributed by atoms with Crippen molar-refractivity contribution in [2.75, 3.05) is 6.61 Å². The molecule has 0 radical (unpaired) electrons. The summed E-state index contributed by atoms with van der Waals surface area (Å²) in [4.78, 5) is 38.7. The van der Waals surface area contributed by atoms with Gasteiger partial charge in [0.15, 0.2) is 0 Å². The van der Waals surface area contributed by atoms with E-state index in [1.165, 1.54) is 6.08 Å². The Labute approximate surface area is 216 Å². The molecule has 0 atom stereocenters. The first-order valence-corrected chi connectivity index (χ1v) is 12.5. The number of hydrogen-bond acceptors (Lipinski definition) is 6. The maximum absolute atomic E-state index is 12.8. The monoisotopic (exact) mass is 529 g/mol. The van der Waals surface area contributed by atoms with Gasteiger partial charge in [0.2, 0.25) is 0 Å². The molecule has 1 aliphatic heterocycles. The van der Waals surface area contributed by atoms with Gasteiger partial charge in [-0.15, -0.1) is 0 Å². The largest absolute Gasteiger partial charge is 0.462 e. The molecule has 1 aliphatic rings. The van der Waals surface area contributed by atoms with Crippen molar-refractivity contribution in [1.82, 2.24) is 4.90 Å². The summed E-state index contributed by atoms with van der Waals surface area (Å²) in [6.45, 7) is 2.48. The number of furan rings is 1. The molecule has 0 unspecified atom stereocenters. The Morgan fingerprint density at radius 3 is 2.57 bits per heavy atom. The fourth-order valence-corrected chi connectivity index (χ4v) is 4.62. The van der Waals surface area contributed by atoms with E-state index in [-0.39, 0.29) is 22.7 Å². The molecule has 0 bridgehead atoms. The van der Waals surface area contributed by atoms with Crippen LogP contribution in [0.2, 0.25) is 10.0 Å². The van der Waals surface area contributed by atoms with Crippen molar-refractivity contribution in [3.8, 4) is 11.3 Å². The minimum Gasteiger partial charge on any atom is -0.462 e. The van der Waals surface area contributed by atoms with Gasteiger partial charge in [0, 0.05) is 21.7 Å². The van der Waals surface area contributed by atoms with E-state index in [1.54, 1.807) is 54.6 Å². The zero-order chi connectivity index (χ0) is 24.9. The molecule has 1 saturated heterocycles. The van der Waals surface area contributed by atoms with Gasteiger partial charge >= 0.3 is 5.97 Å². The highest BCUT2D eigenvalue weighted by Gasteiger charge is 2.35. The van der Waals surface area contributed by atoms with Gasteiger partial charge in [-0.2, -0.15) is 0 Å². The van der Waals surface area contributed by atoms with Crippen molar-refractivity contribution < 1.29 is 23.5 Å². The second-order valence-electron chi connectivity index (χ2n) is 7.77. The lowest BCUT2D eigenvalue weighted by atomic mass is 10.1. The van der Waals surface area contributed by atoms with Crippen LogP contribution >= 0.6 is 35.0 Å². The number of benzene rings is 2. The molecule has 6 nitrogen and oxygen atoms in total. The standard InChI is InChI=1S/C26H21Cl2NO5S/c1-2-3-12-33-25(31)17-6-4-16(5-7-17)22-11-10-20(34-22)14-23-24(30)29(26(32)35-23)15-18-8-9-19(27)13-21(18)28/h4-11,13-14H,2-3,12,15H2,1H3/b23-14-. The van der Waals surface area contributed by atoms with E-state index in [4.69, 9.17) is 32.4 Å². The van der Waals surface area contributed by atoms with Gasteiger partial charge in [0.25, 0.3) is 11.1 Å². The average Bonchev–Trinajstić information content (AvgIpc) is 3.41. The Morgan fingerprint density at radius 2 is 1.86 bits per heavy atom. The van der Waals surface area contributed by atoms with Crippen LogP contribution in [0.1, 0.15) is 41.4 Å². The van der Waals surface area contributed by atoms with Crippen LogP contribution in [0, 0.1) is 0 Å². The summed E-state index contributed by atoms with van der Waals surface area (Å²) < 4.78 is 11.1. The summed E-state index contributed by atoms with van der Waals surface area (Å²) in [5.41, 5.74) is 1.85. The van der Waals surface area contributed by atoms with E-state index in [0.717, 1.165) is 35.1 Å². The van der Waals surface area contributed by atoms with E-state index in [2.05, 4.69) is 0 Å². The Bertz CT molecular complexity index is 1300. The summed E-state index contributed by atoms with van der Waals surface area (Å²) in [5, 5.41) is 0.472. The fourth-order valence-electron chi connectivity index (χ4n) is 3.33. The van der Waals surface area contributed by atoms with E-state index >= 15 is 0 Å². The number of ether oxygens (including phenoxy) is 1. The van der Waals surface area contributed by atoms with Crippen LogP contribution in [0.3, 0.4) is 0 Å². The minimum atomic E-state index is -0.421. The van der Waals surface area contributed by atoms with Gasteiger partial charge in [0.1, 0.15) is 11.5 Å². The molecule has 2 amide bonds. The molecule has 0 spiro atoms. The number of carbonyl (C=O) groups excluding carboxylic acids is 3. The Kier molecular flexibility index (Phi) is 8.00. The van der Waals surface area contributed by atoms with Crippen LogP contribution in [-0.2, 0) is 16.1 Å². The second-order valence-corrected chi connectivity index (χ2v) is 9.61. The molecule has 35 heavy (non-hydrogen) atoms. The number of thioether (sulfide) groups is 1. The molecular weight excluding hydrogens is 509 g/mol. The lowest BCUT2D eigenvalue weighted by Gasteiger charge is -2.13. The first-order valence-electron chi connectivity index (χ1n) is 10.9. The summed E-state index contributed by atoms with van der Waals surface area (Å²) in [6.07, 6.45) is 3.32. The number of unbranched alkanes of at least 4 members (excludes halogenated alkanes) is 1. The number of hydrogen-bond donors (Lipinski definition) is 0. The highest BCUT2D eigenvalue weighted by Crippen LogP contribution is 2.35. The molecule has 1 fully saturated rings. The van der Waals surface area contributed by atoms with Crippen LogP contribution in [0.25, 0.3) is 17.4 Å². The number of amides is 2. The van der Waals surface area contributed by atoms with E-state index in [0.29, 0.717) is 39.3 Å². The number of rotatable bonds is 8. The van der Waals surface area contributed by atoms with Crippen molar-refractivity contribution in [2.45, 2.75) is 26.3 Å². The van der Waals surface area contributed by atoms with Crippen molar-refractivity contribution in [3.63, 3.8) is 0 Å². The topological polar surface area (TPSA) is 76.8 Å². The quantitative estimate of drug-likeness (QED) is 0.171. The van der Waals surface area contributed by atoms with Crippen LogP contribution in [0.15, 0.2) is 63.9 Å². The van der Waals surface area contributed by atoms with E-state index in [9.17, 15) is 14.4 Å². The van der Waals surface area contributed by atoms with Gasteiger partial charge in [-0.05, 0) is 60.1 Å². The molecule has 3 aromatic rings. The van der Waals surface area contributed by atoms with Crippen LogP contribution < -0.4 is 0 Å². The van der Waals surface area contributed by atoms with E-state index < -0.39 is 5.91 Å². The highest BCUT2D eigenvalue weighted by atomic mass is 35.5. The summed E-state index contributed by atoms with van der Waals surface area (Å²) in [5.74, 6) is 0.211. The van der Waals surface area contributed by atoms with Crippen molar-refractivity contribution in [2.24, 2.45) is 0 Å². The molecule has 1 aromatic heterocycles. The molecule has 2 heterocycles. The van der Waals surface area contributed by atoms with Crippen molar-refractivity contribution >= 4 is 58.2 Å². The number of halogens is 2. The van der Waals surface area contributed by atoms with Crippen LogP contribution in [0.4, 0.5) is 4.79 Å². The average molecular weight is 530 g/mol. The summed E-state index contributed by atoms with van der Waals surface area (Å²) in [7, 11) is 0. The van der Waals surface area contributed by atoms with Gasteiger partial charge in [-0.1, -0.05) is 54.7 Å². The molecule has 0 saturated carbocycles. The number of nitrogens with zero attached hydrogens (tertiary/aromatic N) is 1. The molecule has 180 valence electrons. The molecule has 2 aromatic carbocycles. The predicted octanol–water partition coefficient (Wildman–Crippen LogP) is 7.45. The Balaban J connectivity index is 1.44. The molecule has 4 rings (SSSR count). The molecule has 0 N–H and O–H groups in total. The third-order valence-corrected chi connectivity index (χ3v) is 6.75. The predicted molar refractivity (Wildman–Crippen MR) is 137 cm³/mol. The summed E-state index contributed by atoms with van der Waals surface area (Å²) >= 11 is 13.0. The van der Waals surface area contributed by atoms with Gasteiger partial charge in [0.05, 0.1) is 23.6 Å². The lowest BCUT2D eigenvalue weighted by molar-refractivity contribution is -0.123. The lowest BCUT2D eigenvalue weighted by Crippen LogP contribution is -2.27. The fraction of sp³-hybridized carbons (Fsp3) is 0.192. The molecule has 0 aliphatic carbocycles. The number of carbonyl (C=O) groups is 3. The highest BCUT2D eigenvalue weighted by molar-refractivity contribution is 8.18. The number of esters is 1. The minimum absolute atomic E-state index is 0.0502. The maximum atomic E-state index is 12.8. The zero-order valence-corrected chi connectivity index (χ0v) is 21.1. The SMILES string of the molecule is CCCCOC(=O)c1ccc(-c2ccc(/C=C3\SC(=O)N(Cc4ccc(Cl)cc4Cl)C3=O)o2)cc1. The van der Waals surface area contributed by atoms with Crippen LogP contribution in [-0.4, -0.2) is 28.6 Å². The molecule has 9 heteroatoms. The Morgan fingerprint density at radius 1 is 1.09 bits per heavy atom. The maximum Gasteiger partial charge on any atom is 0.338 e. The van der Waals surface area contributed by atoms with E-state index in [1.807, 2.05) is 6.92 Å². The second kappa shape index (κ2) is 11.2. The van der Waals surface area contributed by atoms with Gasteiger partial charge in [-0.25, -0.2) is 4.79 Å². The first-order chi connectivity index (χ1) is 16.9. The third-order valence-electron chi connectivity index (χ3n) is 5.25. The smallest absolute Gasteiger partial charge is 0.338 e. The van der Waals surface area contributed by atoms with Crippen molar-refractivity contribution in [3.05, 3.63) is 86.4 Å². The normalized spacial score (nSPS) is 14.7. The van der Waals surface area contributed by atoms with Crippen molar-refractivity contribution in [1.29, 1.82) is 0 Å². The zero-order valence-electron chi connectivity index (χ0n) is 18.8. The number of imide groups is 1. The Hall–Kier alpha value is -3.00.